The van der Waals surface area contributed by atoms with Crippen LogP contribution in [0.5, 0.6) is 11.5 Å². The van der Waals surface area contributed by atoms with Gasteiger partial charge in [-0.25, -0.2) is 0 Å². The number of likely N-dealkylation sites (N-methyl/N-ethyl adjacent to an activating group) is 1. The first-order chi connectivity index (χ1) is 12.2. The van der Waals surface area contributed by atoms with Gasteiger partial charge in [-0.15, -0.1) is 0 Å². The van der Waals surface area contributed by atoms with Gasteiger partial charge >= 0.3 is 0 Å². The number of nitrogens with zero attached hydrogens (tertiary/aromatic N) is 1. The largest absolute Gasteiger partial charge is 0.454 e. The highest BCUT2D eigenvalue weighted by molar-refractivity contribution is 5.89. The number of benzene rings is 2. The van der Waals surface area contributed by atoms with Crippen molar-refractivity contribution in [3.63, 3.8) is 0 Å². The maximum atomic E-state index is 13.4. The summed E-state index contributed by atoms with van der Waals surface area (Å²) in [7, 11) is 0. The molecule has 2 aliphatic rings. The smallest absolute Gasteiger partial charge is 0.233 e. The maximum Gasteiger partial charge on any atom is 0.233 e. The monoisotopic (exact) mass is 337 g/mol. The van der Waals surface area contributed by atoms with Gasteiger partial charge in [0.1, 0.15) is 0 Å². The van der Waals surface area contributed by atoms with Crippen LogP contribution in [0.15, 0.2) is 48.5 Å². The molecule has 1 amide bonds. The Bertz CT molecular complexity index is 768. The first-order valence-electron chi connectivity index (χ1n) is 8.96. The fraction of sp³-hybridized carbons (Fsp3) is 0.381. The topological polar surface area (TPSA) is 38.8 Å². The Labute approximate surface area is 148 Å². The van der Waals surface area contributed by atoms with Crippen molar-refractivity contribution in [2.24, 2.45) is 0 Å². The molecule has 0 saturated heterocycles. The number of fused-ring (bicyclic) bond motifs is 1. The van der Waals surface area contributed by atoms with Crippen molar-refractivity contribution < 1.29 is 14.3 Å². The summed E-state index contributed by atoms with van der Waals surface area (Å²) in [6.07, 6.45) is 2.99. The van der Waals surface area contributed by atoms with Crippen LogP contribution in [0, 0.1) is 0 Å². The maximum absolute atomic E-state index is 13.4. The molecule has 4 rings (SSSR count). The normalized spacial score (nSPS) is 17.0. The molecule has 1 heterocycles. The summed E-state index contributed by atoms with van der Waals surface area (Å²) in [5.41, 5.74) is 1.88. The van der Waals surface area contributed by atoms with Gasteiger partial charge in [0.2, 0.25) is 12.7 Å². The van der Waals surface area contributed by atoms with E-state index in [1.165, 1.54) is 0 Å². The lowest BCUT2D eigenvalue weighted by Gasteiger charge is -2.44. The molecule has 0 bridgehead atoms. The highest BCUT2D eigenvalue weighted by Crippen LogP contribution is 2.45. The number of hydrogen-bond acceptors (Lipinski definition) is 3. The molecule has 0 spiro atoms. The third-order valence-electron chi connectivity index (χ3n) is 5.42. The quantitative estimate of drug-likeness (QED) is 0.831. The van der Waals surface area contributed by atoms with Gasteiger partial charge in [0, 0.05) is 13.1 Å². The van der Waals surface area contributed by atoms with Gasteiger partial charge in [-0.3, -0.25) is 4.79 Å². The number of carbonyl (C=O) groups excluding carboxylic acids is 1. The zero-order chi connectivity index (χ0) is 17.3. The molecular formula is C21H23NO3. The standard InChI is InChI=1S/C21H23NO3/c1-2-22(14-16-9-10-18-19(13-16)25-15-24-18)20(23)21(11-6-12-21)17-7-4-3-5-8-17/h3-5,7-10,13H,2,6,11-12,14-15H2,1H3. The molecule has 1 saturated carbocycles. The van der Waals surface area contributed by atoms with Crippen molar-refractivity contribution in [3.8, 4) is 11.5 Å². The fourth-order valence-electron chi connectivity index (χ4n) is 3.80. The van der Waals surface area contributed by atoms with E-state index in [9.17, 15) is 4.79 Å². The minimum absolute atomic E-state index is 0.241. The lowest BCUT2D eigenvalue weighted by atomic mass is 9.63. The Hall–Kier alpha value is -2.49. The number of carbonyl (C=O) groups is 1. The molecule has 25 heavy (non-hydrogen) atoms. The molecule has 2 aromatic rings. The van der Waals surface area contributed by atoms with E-state index in [0.717, 1.165) is 41.9 Å². The van der Waals surface area contributed by atoms with Crippen LogP contribution in [-0.2, 0) is 16.8 Å². The van der Waals surface area contributed by atoms with Crippen molar-refractivity contribution in [3.05, 3.63) is 59.7 Å². The van der Waals surface area contributed by atoms with Crippen LogP contribution in [0.3, 0.4) is 0 Å². The third-order valence-corrected chi connectivity index (χ3v) is 5.42. The molecule has 0 unspecified atom stereocenters. The SMILES string of the molecule is CCN(Cc1ccc2c(c1)OCO2)C(=O)C1(c2ccccc2)CCC1. The highest BCUT2D eigenvalue weighted by atomic mass is 16.7. The highest BCUT2D eigenvalue weighted by Gasteiger charge is 2.47. The Balaban J connectivity index is 1.57. The van der Waals surface area contributed by atoms with E-state index in [-0.39, 0.29) is 18.1 Å². The zero-order valence-corrected chi connectivity index (χ0v) is 14.5. The Kier molecular flexibility index (Phi) is 4.12. The first-order valence-corrected chi connectivity index (χ1v) is 8.96. The molecular weight excluding hydrogens is 314 g/mol. The zero-order valence-electron chi connectivity index (χ0n) is 14.5. The van der Waals surface area contributed by atoms with Crippen molar-refractivity contribution >= 4 is 5.91 Å². The molecule has 130 valence electrons. The van der Waals surface area contributed by atoms with Gasteiger partial charge in [-0.1, -0.05) is 42.8 Å². The molecule has 2 aromatic carbocycles. The van der Waals surface area contributed by atoms with Crippen LogP contribution < -0.4 is 9.47 Å². The van der Waals surface area contributed by atoms with Crippen LogP contribution in [0.2, 0.25) is 0 Å². The van der Waals surface area contributed by atoms with Crippen LogP contribution in [-0.4, -0.2) is 24.1 Å². The average molecular weight is 337 g/mol. The third kappa shape index (κ3) is 2.76. The average Bonchev–Trinajstić information content (AvgIpc) is 3.07. The van der Waals surface area contributed by atoms with E-state index >= 15 is 0 Å². The molecule has 0 atom stereocenters. The number of amides is 1. The van der Waals surface area contributed by atoms with Crippen LogP contribution in [0.4, 0.5) is 0 Å². The first kappa shape index (κ1) is 16.0. The van der Waals surface area contributed by atoms with E-state index in [1.807, 2.05) is 48.2 Å². The summed E-state index contributed by atoms with van der Waals surface area (Å²) in [5.74, 6) is 1.78. The van der Waals surface area contributed by atoms with Gasteiger partial charge in [-0.2, -0.15) is 0 Å². The molecule has 4 nitrogen and oxygen atoms in total. The van der Waals surface area contributed by atoms with Crippen molar-refractivity contribution in [1.82, 2.24) is 4.90 Å². The number of hydrogen-bond donors (Lipinski definition) is 0. The summed E-state index contributed by atoms with van der Waals surface area (Å²) < 4.78 is 10.8. The second kappa shape index (κ2) is 6.43. The summed E-state index contributed by atoms with van der Waals surface area (Å²) in [5, 5.41) is 0. The van der Waals surface area contributed by atoms with Crippen LogP contribution >= 0.6 is 0 Å². The predicted octanol–water partition coefficient (Wildman–Crippen LogP) is 3.89. The van der Waals surface area contributed by atoms with Crippen molar-refractivity contribution in [2.45, 2.75) is 38.1 Å². The summed E-state index contributed by atoms with van der Waals surface area (Å²) >= 11 is 0. The molecule has 1 aliphatic carbocycles. The second-order valence-electron chi connectivity index (χ2n) is 6.81. The van der Waals surface area contributed by atoms with Gasteiger partial charge in [-0.05, 0) is 43.0 Å². The molecule has 0 radical (unpaired) electrons. The fourth-order valence-corrected chi connectivity index (χ4v) is 3.80. The van der Waals surface area contributed by atoms with Crippen LogP contribution in [0.1, 0.15) is 37.3 Å². The molecule has 4 heteroatoms. The summed E-state index contributed by atoms with van der Waals surface area (Å²) in [6, 6.07) is 16.1. The minimum Gasteiger partial charge on any atom is -0.454 e. The molecule has 1 fully saturated rings. The number of ether oxygens (including phenoxy) is 2. The van der Waals surface area contributed by atoms with E-state index < -0.39 is 0 Å². The Morgan fingerprint density at radius 1 is 1.08 bits per heavy atom. The lowest BCUT2D eigenvalue weighted by molar-refractivity contribution is -0.141. The summed E-state index contributed by atoms with van der Waals surface area (Å²) in [4.78, 5) is 15.3. The Morgan fingerprint density at radius 3 is 2.52 bits per heavy atom. The van der Waals surface area contributed by atoms with Gasteiger partial charge in [0.15, 0.2) is 11.5 Å². The van der Waals surface area contributed by atoms with Crippen LogP contribution in [0.25, 0.3) is 0 Å². The van der Waals surface area contributed by atoms with E-state index in [4.69, 9.17) is 9.47 Å². The van der Waals surface area contributed by atoms with Crippen molar-refractivity contribution in [1.29, 1.82) is 0 Å². The van der Waals surface area contributed by atoms with E-state index in [2.05, 4.69) is 12.1 Å². The molecule has 0 aromatic heterocycles. The predicted molar refractivity (Wildman–Crippen MR) is 95.6 cm³/mol. The van der Waals surface area contributed by atoms with E-state index in [0.29, 0.717) is 13.1 Å². The lowest BCUT2D eigenvalue weighted by Crippen LogP contribution is -2.50. The molecule has 1 aliphatic heterocycles. The van der Waals surface area contributed by atoms with Gasteiger partial charge in [0.05, 0.1) is 5.41 Å². The van der Waals surface area contributed by atoms with Gasteiger partial charge < -0.3 is 14.4 Å². The minimum atomic E-state index is -0.340. The summed E-state index contributed by atoms with van der Waals surface area (Å²) in [6.45, 7) is 3.61. The second-order valence-corrected chi connectivity index (χ2v) is 6.81. The van der Waals surface area contributed by atoms with E-state index in [1.54, 1.807) is 0 Å². The Morgan fingerprint density at radius 2 is 1.84 bits per heavy atom. The van der Waals surface area contributed by atoms with Gasteiger partial charge in [0.25, 0.3) is 0 Å². The number of rotatable bonds is 5. The molecule has 0 N–H and O–H groups in total. The van der Waals surface area contributed by atoms with Crippen molar-refractivity contribution in [2.75, 3.05) is 13.3 Å².